The molecule has 4 nitrogen and oxygen atoms in total. The van der Waals surface area contributed by atoms with E-state index in [1.165, 1.54) is 0 Å². The Balaban J connectivity index is 2.61. The Morgan fingerprint density at radius 1 is 1.47 bits per heavy atom. The maximum absolute atomic E-state index is 11.6. The molecule has 0 heterocycles. The van der Waals surface area contributed by atoms with Crippen LogP contribution in [-0.2, 0) is 9.53 Å². The fourth-order valence-corrected chi connectivity index (χ4v) is 1.51. The van der Waals surface area contributed by atoms with Crippen LogP contribution in [0.15, 0.2) is 24.3 Å². The van der Waals surface area contributed by atoms with Gasteiger partial charge >= 0.3 is 0 Å². The van der Waals surface area contributed by atoms with Gasteiger partial charge in [0.05, 0.1) is 18.7 Å². The molecule has 3 N–H and O–H groups in total. The lowest BCUT2D eigenvalue weighted by atomic mass is 10.1. The van der Waals surface area contributed by atoms with Gasteiger partial charge in [0.15, 0.2) is 0 Å². The topological polar surface area (TPSA) is 64.3 Å². The van der Waals surface area contributed by atoms with Gasteiger partial charge in [-0.2, -0.15) is 0 Å². The van der Waals surface area contributed by atoms with E-state index in [-0.39, 0.29) is 10.9 Å². The number of hydrogen-bond donors (Lipinski definition) is 2. The van der Waals surface area contributed by atoms with Crippen LogP contribution in [0.5, 0.6) is 0 Å². The lowest BCUT2D eigenvalue weighted by molar-refractivity contribution is -0.117. The molecule has 0 aliphatic rings. The second-order valence-corrected chi connectivity index (χ2v) is 3.84. The summed E-state index contributed by atoms with van der Waals surface area (Å²) in [6.07, 6.45) is 0.319. The van der Waals surface area contributed by atoms with Crippen LogP contribution in [0.4, 0.5) is 5.69 Å². The molecule has 1 amide bonds. The second-order valence-electron chi connectivity index (χ2n) is 3.40. The highest BCUT2D eigenvalue weighted by molar-refractivity contribution is 7.80. The number of ether oxygens (including phenoxy) is 1. The van der Waals surface area contributed by atoms with Crippen molar-refractivity contribution in [3.8, 4) is 0 Å². The van der Waals surface area contributed by atoms with E-state index in [2.05, 4.69) is 5.32 Å². The van der Waals surface area contributed by atoms with Crippen molar-refractivity contribution in [1.82, 2.24) is 0 Å². The predicted octanol–water partition coefficient (Wildman–Crippen LogP) is 1.69. The summed E-state index contributed by atoms with van der Waals surface area (Å²) in [5.41, 5.74) is 6.88. The Kier molecular flexibility index (Phi) is 5.59. The molecular formula is C12H16N2O2S. The first-order valence-corrected chi connectivity index (χ1v) is 5.82. The van der Waals surface area contributed by atoms with Gasteiger partial charge in [0.25, 0.3) is 0 Å². The molecule has 17 heavy (non-hydrogen) atoms. The molecule has 0 aliphatic heterocycles. The van der Waals surface area contributed by atoms with Crippen molar-refractivity contribution in [3.05, 3.63) is 29.8 Å². The highest BCUT2D eigenvalue weighted by Crippen LogP contribution is 2.14. The van der Waals surface area contributed by atoms with Gasteiger partial charge in [-0.05, 0) is 19.1 Å². The number of hydrogen-bond acceptors (Lipinski definition) is 3. The summed E-state index contributed by atoms with van der Waals surface area (Å²) < 4.78 is 5.11. The van der Waals surface area contributed by atoms with E-state index in [1.807, 2.05) is 19.1 Å². The molecule has 1 rings (SSSR count). The number of nitrogens with one attached hydrogen (secondary N) is 1. The zero-order valence-corrected chi connectivity index (χ0v) is 10.5. The van der Waals surface area contributed by atoms with E-state index < -0.39 is 0 Å². The number of benzene rings is 1. The fraction of sp³-hybridized carbons (Fsp3) is 0.333. The molecule has 0 fully saturated rings. The Labute approximate surface area is 106 Å². The lowest BCUT2D eigenvalue weighted by Crippen LogP contribution is -2.18. The molecular weight excluding hydrogens is 236 g/mol. The smallest absolute Gasteiger partial charge is 0.226 e. The van der Waals surface area contributed by atoms with E-state index in [1.54, 1.807) is 12.1 Å². The Morgan fingerprint density at radius 2 is 2.18 bits per heavy atom. The molecule has 1 aromatic rings. The lowest BCUT2D eigenvalue weighted by Gasteiger charge is -2.09. The molecule has 5 heteroatoms. The molecule has 0 spiro atoms. The third-order valence-electron chi connectivity index (χ3n) is 2.14. The number of para-hydroxylation sites is 1. The average molecular weight is 252 g/mol. The zero-order chi connectivity index (χ0) is 12.7. The second kappa shape index (κ2) is 6.98. The maximum Gasteiger partial charge on any atom is 0.226 e. The summed E-state index contributed by atoms with van der Waals surface area (Å²) >= 11 is 4.91. The monoisotopic (exact) mass is 252 g/mol. The van der Waals surface area contributed by atoms with Gasteiger partial charge in [-0.3, -0.25) is 4.79 Å². The van der Waals surface area contributed by atoms with Gasteiger partial charge in [-0.25, -0.2) is 0 Å². The van der Waals surface area contributed by atoms with Crippen molar-refractivity contribution in [1.29, 1.82) is 0 Å². The fourth-order valence-electron chi connectivity index (χ4n) is 1.33. The third-order valence-corrected chi connectivity index (χ3v) is 2.36. The van der Waals surface area contributed by atoms with E-state index in [4.69, 9.17) is 22.7 Å². The van der Waals surface area contributed by atoms with Crippen LogP contribution in [0.3, 0.4) is 0 Å². The molecule has 0 unspecified atom stereocenters. The molecule has 0 atom stereocenters. The minimum atomic E-state index is -0.109. The normalized spacial score (nSPS) is 9.94. The minimum Gasteiger partial charge on any atom is -0.389 e. The van der Waals surface area contributed by atoms with E-state index in [0.29, 0.717) is 30.9 Å². The SMILES string of the molecule is CCOCCC(=O)Nc1ccccc1C(N)=S. The largest absolute Gasteiger partial charge is 0.389 e. The van der Waals surface area contributed by atoms with Crippen LogP contribution in [0.2, 0.25) is 0 Å². The highest BCUT2D eigenvalue weighted by atomic mass is 32.1. The predicted molar refractivity (Wildman–Crippen MR) is 72.1 cm³/mol. The van der Waals surface area contributed by atoms with Gasteiger partial charge in [-0.1, -0.05) is 24.4 Å². The van der Waals surface area contributed by atoms with Gasteiger partial charge in [0, 0.05) is 12.2 Å². The van der Waals surface area contributed by atoms with Crippen LogP contribution in [-0.4, -0.2) is 24.1 Å². The number of thiocarbonyl (C=S) groups is 1. The van der Waals surface area contributed by atoms with E-state index in [0.717, 1.165) is 0 Å². The maximum atomic E-state index is 11.6. The molecule has 0 aliphatic carbocycles. The van der Waals surface area contributed by atoms with Gasteiger partial charge in [0.2, 0.25) is 5.91 Å². The molecule has 0 aromatic heterocycles. The number of rotatable bonds is 6. The summed E-state index contributed by atoms with van der Waals surface area (Å²) in [5, 5.41) is 2.76. The van der Waals surface area contributed by atoms with Crippen LogP contribution in [0, 0.1) is 0 Å². The zero-order valence-electron chi connectivity index (χ0n) is 9.73. The Hall–Kier alpha value is -1.46. The van der Waals surface area contributed by atoms with Gasteiger partial charge < -0.3 is 15.8 Å². The summed E-state index contributed by atoms with van der Waals surface area (Å²) in [4.78, 5) is 11.9. The Bertz CT molecular complexity index is 407. The number of carbonyl (C=O) groups excluding carboxylic acids is 1. The van der Waals surface area contributed by atoms with Crippen molar-refractivity contribution >= 4 is 28.8 Å². The van der Waals surface area contributed by atoms with Gasteiger partial charge in [0.1, 0.15) is 4.99 Å². The summed E-state index contributed by atoms with van der Waals surface area (Å²) in [6, 6.07) is 7.19. The molecule has 0 bridgehead atoms. The van der Waals surface area contributed by atoms with Crippen LogP contribution in [0.1, 0.15) is 18.9 Å². The van der Waals surface area contributed by atoms with Crippen LogP contribution in [0.25, 0.3) is 0 Å². The molecule has 1 aromatic carbocycles. The van der Waals surface area contributed by atoms with Crippen molar-refractivity contribution < 1.29 is 9.53 Å². The number of nitrogens with two attached hydrogens (primary N) is 1. The first-order chi connectivity index (χ1) is 8.15. The number of carbonyl (C=O) groups is 1. The molecule has 0 saturated carbocycles. The van der Waals surface area contributed by atoms with E-state index >= 15 is 0 Å². The van der Waals surface area contributed by atoms with Crippen LogP contribution < -0.4 is 11.1 Å². The van der Waals surface area contributed by atoms with Crippen molar-refractivity contribution in [2.45, 2.75) is 13.3 Å². The summed E-state index contributed by atoms with van der Waals surface area (Å²) in [5.74, 6) is -0.109. The first-order valence-electron chi connectivity index (χ1n) is 5.41. The Morgan fingerprint density at radius 3 is 2.82 bits per heavy atom. The average Bonchev–Trinajstić information content (AvgIpc) is 2.29. The number of amides is 1. The van der Waals surface area contributed by atoms with Gasteiger partial charge in [-0.15, -0.1) is 0 Å². The molecule has 0 saturated heterocycles. The minimum absolute atomic E-state index is 0.109. The summed E-state index contributed by atoms with van der Waals surface area (Å²) in [6.45, 7) is 2.91. The van der Waals surface area contributed by atoms with Crippen LogP contribution >= 0.6 is 12.2 Å². The highest BCUT2D eigenvalue weighted by Gasteiger charge is 2.07. The third kappa shape index (κ3) is 4.50. The van der Waals surface area contributed by atoms with Crippen molar-refractivity contribution in [2.24, 2.45) is 5.73 Å². The molecule has 92 valence electrons. The van der Waals surface area contributed by atoms with Crippen molar-refractivity contribution in [3.63, 3.8) is 0 Å². The number of anilines is 1. The molecule has 0 radical (unpaired) electrons. The standard InChI is InChI=1S/C12H16N2O2S/c1-2-16-8-7-11(15)14-10-6-4-3-5-9(10)12(13)17/h3-6H,2,7-8H2,1H3,(H2,13,17)(H,14,15). The van der Waals surface area contributed by atoms with E-state index in [9.17, 15) is 4.79 Å². The van der Waals surface area contributed by atoms with Crippen molar-refractivity contribution in [2.75, 3.05) is 18.5 Å². The first kappa shape index (κ1) is 13.6. The summed E-state index contributed by atoms with van der Waals surface area (Å²) in [7, 11) is 0. The quantitative estimate of drug-likeness (QED) is 0.597.